The summed E-state index contributed by atoms with van der Waals surface area (Å²) in [6.45, 7) is 6.52. The minimum Gasteiger partial charge on any atom is -0.462 e. The van der Waals surface area contributed by atoms with Gasteiger partial charge >= 0.3 is 17.9 Å². The third kappa shape index (κ3) is 65.7. The van der Waals surface area contributed by atoms with Crippen LogP contribution in [0.25, 0.3) is 0 Å². The van der Waals surface area contributed by atoms with Crippen molar-refractivity contribution in [2.24, 2.45) is 0 Å². The van der Waals surface area contributed by atoms with Crippen molar-refractivity contribution in [1.82, 2.24) is 0 Å². The lowest BCUT2D eigenvalue weighted by atomic mass is 10.0. The normalized spacial score (nSPS) is 12.5. The fourth-order valence-corrected chi connectivity index (χ4v) is 10.2. The number of carbonyl (C=O) groups is 3. The summed E-state index contributed by atoms with van der Waals surface area (Å²) in [5, 5.41) is 0. The summed E-state index contributed by atoms with van der Waals surface area (Å²) in [7, 11) is 0. The Hall–Kier alpha value is -3.15. The van der Waals surface area contributed by atoms with E-state index in [-0.39, 0.29) is 31.1 Å². The second-order valence-electron chi connectivity index (χ2n) is 23.4. The molecule has 0 aliphatic carbocycles. The summed E-state index contributed by atoms with van der Waals surface area (Å²) in [6, 6.07) is 0. The number of hydrogen-bond acceptors (Lipinski definition) is 6. The third-order valence-electron chi connectivity index (χ3n) is 15.4. The molecule has 0 saturated heterocycles. The van der Waals surface area contributed by atoms with Gasteiger partial charge in [0.1, 0.15) is 13.2 Å². The highest BCUT2D eigenvalue weighted by Gasteiger charge is 2.19. The first-order chi connectivity index (χ1) is 39.5. The van der Waals surface area contributed by atoms with Gasteiger partial charge in [-0.15, -0.1) is 0 Å². The van der Waals surface area contributed by atoms with Crippen molar-refractivity contribution >= 4 is 17.9 Å². The van der Waals surface area contributed by atoms with Crippen LogP contribution in [0.1, 0.15) is 361 Å². The molecule has 464 valence electrons. The standard InChI is InChI=1S/C74H132O6/c1-4-7-10-13-16-19-22-25-27-29-30-31-32-33-34-35-36-37-38-39-40-41-42-43-44-45-47-49-52-55-58-61-64-67-73(76)79-70-71(69-78-72(75)66-63-60-57-54-51-48-24-21-18-15-12-9-6-3)80-74(77)68-65-62-59-56-53-50-46-28-26-23-20-17-14-11-8-5-2/h9,12,18,21-22,25,28-30,46,48,51,71H,4-8,10-11,13-17,19-20,23-24,26-27,31-45,47,49-50,52-70H2,1-3H3/b12-9-,21-18-,25-22-,30-29-,46-28-,51-48-. The molecule has 0 saturated carbocycles. The van der Waals surface area contributed by atoms with Gasteiger partial charge in [0.25, 0.3) is 0 Å². The maximum absolute atomic E-state index is 12.9. The van der Waals surface area contributed by atoms with Crippen molar-refractivity contribution in [1.29, 1.82) is 0 Å². The molecule has 0 bridgehead atoms. The van der Waals surface area contributed by atoms with Crippen molar-refractivity contribution in [3.05, 3.63) is 72.9 Å². The van der Waals surface area contributed by atoms with Crippen LogP contribution in [0.2, 0.25) is 0 Å². The Balaban J connectivity index is 4.13. The summed E-state index contributed by atoms with van der Waals surface area (Å²) in [6.07, 6.45) is 89.5. The van der Waals surface area contributed by atoms with E-state index in [9.17, 15) is 14.4 Å². The van der Waals surface area contributed by atoms with Crippen LogP contribution in [0.15, 0.2) is 72.9 Å². The zero-order valence-corrected chi connectivity index (χ0v) is 53.3. The molecular formula is C74H132O6. The predicted molar refractivity (Wildman–Crippen MR) is 348 cm³/mol. The molecule has 0 aliphatic rings. The Morgan fingerprint density at radius 1 is 0.263 bits per heavy atom. The highest BCUT2D eigenvalue weighted by atomic mass is 16.6. The van der Waals surface area contributed by atoms with E-state index in [4.69, 9.17) is 14.2 Å². The van der Waals surface area contributed by atoms with E-state index in [1.165, 1.54) is 218 Å². The van der Waals surface area contributed by atoms with E-state index in [1.807, 2.05) is 0 Å². The van der Waals surface area contributed by atoms with Crippen LogP contribution >= 0.6 is 0 Å². The quantitative estimate of drug-likeness (QED) is 0.0261. The van der Waals surface area contributed by atoms with Crippen molar-refractivity contribution in [3.63, 3.8) is 0 Å². The zero-order valence-electron chi connectivity index (χ0n) is 53.3. The molecule has 0 heterocycles. The molecule has 0 N–H and O–H groups in total. The number of ether oxygens (including phenoxy) is 3. The third-order valence-corrected chi connectivity index (χ3v) is 15.4. The fourth-order valence-electron chi connectivity index (χ4n) is 10.2. The van der Waals surface area contributed by atoms with Crippen LogP contribution in [0.4, 0.5) is 0 Å². The number of hydrogen-bond donors (Lipinski definition) is 0. The van der Waals surface area contributed by atoms with E-state index < -0.39 is 6.10 Å². The van der Waals surface area contributed by atoms with Gasteiger partial charge in [0, 0.05) is 19.3 Å². The molecule has 1 atom stereocenters. The fraction of sp³-hybridized carbons (Fsp3) is 0.797. The number of rotatable bonds is 64. The van der Waals surface area contributed by atoms with Gasteiger partial charge < -0.3 is 14.2 Å². The summed E-state index contributed by atoms with van der Waals surface area (Å²) < 4.78 is 16.9. The Labute approximate surface area is 497 Å². The van der Waals surface area contributed by atoms with Gasteiger partial charge in [-0.3, -0.25) is 14.4 Å². The number of allylic oxidation sites excluding steroid dienone is 12. The summed E-state index contributed by atoms with van der Waals surface area (Å²) >= 11 is 0. The van der Waals surface area contributed by atoms with Gasteiger partial charge in [0.15, 0.2) is 6.10 Å². The molecule has 0 rings (SSSR count). The van der Waals surface area contributed by atoms with E-state index in [1.54, 1.807) is 0 Å². The second-order valence-corrected chi connectivity index (χ2v) is 23.4. The van der Waals surface area contributed by atoms with Crippen LogP contribution in [0.5, 0.6) is 0 Å². The van der Waals surface area contributed by atoms with Crippen molar-refractivity contribution in [2.45, 2.75) is 367 Å². The van der Waals surface area contributed by atoms with Crippen LogP contribution < -0.4 is 0 Å². The minimum absolute atomic E-state index is 0.0848. The number of esters is 3. The van der Waals surface area contributed by atoms with E-state index in [2.05, 4.69) is 93.7 Å². The lowest BCUT2D eigenvalue weighted by Crippen LogP contribution is -2.30. The average molecular weight is 1120 g/mol. The van der Waals surface area contributed by atoms with E-state index in [0.29, 0.717) is 19.3 Å². The molecule has 1 unspecified atom stereocenters. The van der Waals surface area contributed by atoms with Gasteiger partial charge in [-0.1, -0.05) is 306 Å². The molecule has 80 heavy (non-hydrogen) atoms. The molecule has 0 aromatic heterocycles. The molecule has 6 nitrogen and oxygen atoms in total. The van der Waals surface area contributed by atoms with Gasteiger partial charge in [-0.05, 0) is 109 Å². The Morgan fingerprint density at radius 2 is 0.487 bits per heavy atom. The maximum Gasteiger partial charge on any atom is 0.306 e. The first-order valence-electron chi connectivity index (χ1n) is 34.9. The molecule has 0 aliphatic heterocycles. The van der Waals surface area contributed by atoms with E-state index >= 15 is 0 Å². The molecule has 0 aromatic carbocycles. The van der Waals surface area contributed by atoms with Gasteiger partial charge in [-0.2, -0.15) is 0 Å². The highest BCUT2D eigenvalue weighted by molar-refractivity contribution is 5.71. The van der Waals surface area contributed by atoms with Gasteiger partial charge in [0.05, 0.1) is 0 Å². The Morgan fingerprint density at radius 3 is 0.787 bits per heavy atom. The SMILES string of the molecule is CC/C=C\C/C=C\C/C=C\CCCCCC(=O)OCC(COC(=O)CCCCCCCCCCCCCCCCCCCCCCC/C=C\C/C=C\CCCCCCC)OC(=O)CCCCCCC/C=C\CCCCCCCCC. The summed E-state index contributed by atoms with van der Waals surface area (Å²) in [5.41, 5.74) is 0. The lowest BCUT2D eigenvalue weighted by molar-refractivity contribution is -0.167. The molecule has 0 fully saturated rings. The monoisotopic (exact) mass is 1120 g/mol. The molecular weight excluding hydrogens is 985 g/mol. The molecule has 0 spiro atoms. The maximum atomic E-state index is 12.9. The molecule has 0 amide bonds. The van der Waals surface area contributed by atoms with Crippen LogP contribution in [0, 0.1) is 0 Å². The van der Waals surface area contributed by atoms with Gasteiger partial charge in [0.2, 0.25) is 0 Å². The molecule has 0 radical (unpaired) electrons. The first-order valence-corrected chi connectivity index (χ1v) is 34.9. The Bertz CT molecular complexity index is 1470. The molecule has 6 heteroatoms. The molecule has 0 aromatic rings. The number of carbonyl (C=O) groups excluding carboxylic acids is 3. The van der Waals surface area contributed by atoms with Crippen molar-refractivity contribution < 1.29 is 28.6 Å². The second kappa shape index (κ2) is 68.3. The van der Waals surface area contributed by atoms with Crippen LogP contribution in [-0.2, 0) is 28.6 Å². The first kappa shape index (κ1) is 76.9. The smallest absolute Gasteiger partial charge is 0.306 e. The van der Waals surface area contributed by atoms with Crippen molar-refractivity contribution in [3.8, 4) is 0 Å². The lowest BCUT2D eigenvalue weighted by Gasteiger charge is -2.18. The topological polar surface area (TPSA) is 78.9 Å². The highest BCUT2D eigenvalue weighted by Crippen LogP contribution is 2.18. The van der Waals surface area contributed by atoms with E-state index in [0.717, 1.165) is 103 Å². The van der Waals surface area contributed by atoms with Gasteiger partial charge in [-0.25, -0.2) is 0 Å². The Kier molecular flexibility index (Phi) is 65.7. The number of unbranched alkanes of at least 4 members (excludes halogenated alkanes) is 41. The largest absolute Gasteiger partial charge is 0.462 e. The predicted octanol–water partition coefficient (Wildman–Crippen LogP) is 24.1. The van der Waals surface area contributed by atoms with Crippen LogP contribution in [-0.4, -0.2) is 37.2 Å². The minimum atomic E-state index is -0.791. The van der Waals surface area contributed by atoms with Crippen molar-refractivity contribution in [2.75, 3.05) is 13.2 Å². The average Bonchev–Trinajstić information content (AvgIpc) is 3.46. The summed E-state index contributed by atoms with van der Waals surface area (Å²) in [5.74, 6) is -0.907. The summed E-state index contributed by atoms with van der Waals surface area (Å²) in [4.78, 5) is 38.3. The zero-order chi connectivity index (χ0) is 57.8. The van der Waals surface area contributed by atoms with Crippen LogP contribution in [0.3, 0.4) is 0 Å².